The Bertz CT molecular complexity index is 605. The second-order valence-electron chi connectivity index (χ2n) is 5.78. The van der Waals surface area contributed by atoms with Crippen LogP contribution in [0.4, 0.5) is 5.69 Å². The van der Waals surface area contributed by atoms with E-state index >= 15 is 0 Å². The molecule has 0 spiro atoms. The van der Waals surface area contributed by atoms with Gasteiger partial charge in [0.25, 0.3) is 0 Å². The maximum absolute atomic E-state index is 12.4. The molecule has 0 radical (unpaired) electrons. The lowest BCUT2D eigenvalue weighted by atomic mass is 10.0. The Morgan fingerprint density at radius 1 is 1.33 bits per heavy atom. The molecule has 2 aliphatic rings. The highest BCUT2D eigenvalue weighted by molar-refractivity contribution is 6.30. The maximum Gasteiger partial charge on any atom is 0.228 e. The standard InChI is InChI=1S/C17H18ClNO2/c18-12-7-8-15(11(10-12)4-3-9-20)19-17(21)16-13-5-1-2-6-14(13)16/h7-8,10,13-14,16,20H,1-2,5-6,9H2,(H,19,21). The molecule has 21 heavy (non-hydrogen) atoms. The van der Waals surface area contributed by atoms with Gasteiger partial charge in [-0.2, -0.15) is 0 Å². The van der Waals surface area contributed by atoms with E-state index in [9.17, 15) is 4.79 Å². The average molecular weight is 304 g/mol. The molecule has 2 unspecified atom stereocenters. The number of aliphatic hydroxyl groups excluding tert-OH is 1. The first-order valence-corrected chi connectivity index (χ1v) is 7.78. The molecule has 1 amide bonds. The summed E-state index contributed by atoms with van der Waals surface area (Å²) in [5.74, 6) is 6.86. The van der Waals surface area contributed by atoms with E-state index in [4.69, 9.17) is 16.7 Å². The number of carbonyl (C=O) groups is 1. The predicted octanol–water partition coefficient (Wildman–Crippen LogP) is 3.06. The number of benzene rings is 1. The van der Waals surface area contributed by atoms with Crippen LogP contribution in [0.5, 0.6) is 0 Å². The Morgan fingerprint density at radius 3 is 2.71 bits per heavy atom. The maximum atomic E-state index is 12.4. The highest BCUT2D eigenvalue weighted by Crippen LogP contribution is 2.55. The summed E-state index contributed by atoms with van der Waals surface area (Å²) in [6.45, 7) is -0.216. The molecular formula is C17H18ClNO2. The number of hydrogen-bond acceptors (Lipinski definition) is 2. The fourth-order valence-corrected chi connectivity index (χ4v) is 3.63. The summed E-state index contributed by atoms with van der Waals surface area (Å²) in [6.07, 6.45) is 4.86. The van der Waals surface area contributed by atoms with E-state index in [0.717, 1.165) is 0 Å². The van der Waals surface area contributed by atoms with E-state index in [-0.39, 0.29) is 18.4 Å². The SMILES string of the molecule is O=C(Nc1ccc(Cl)cc1C#CCO)C1C2CCCCC21. The van der Waals surface area contributed by atoms with Crippen molar-refractivity contribution in [3.8, 4) is 11.8 Å². The first-order valence-electron chi connectivity index (χ1n) is 7.41. The zero-order valence-corrected chi connectivity index (χ0v) is 12.5. The van der Waals surface area contributed by atoms with Crippen molar-refractivity contribution in [2.24, 2.45) is 17.8 Å². The third-order valence-electron chi connectivity index (χ3n) is 4.50. The van der Waals surface area contributed by atoms with Crippen LogP contribution in [0.15, 0.2) is 18.2 Å². The van der Waals surface area contributed by atoms with E-state index in [0.29, 0.717) is 28.1 Å². The number of carbonyl (C=O) groups excluding carboxylic acids is 1. The number of halogens is 1. The van der Waals surface area contributed by atoms with Crippen LogP contribution in [0, 0.1) is 29.6 Å². The highest BCUT2D eigenvalue weighted by Gasteiger charge is 2.54. The second-order valence-corrected chi connectivity index (χ2v) is 6.21. The van der Waals surface area contributed by atoms with Gasteiger partial charge < -0.3 is 10.4 Å². The second kappa shape index (κ2) is 6.09. The molecule has 0 saturated heterocycles. The van der Waals surface area contributed by atoms with Gasteiger partial charge in [-0.25, -0.2) is 0 Å². The third-order valence-corrected chi connectivity index (χ3v) is 4.74. The molecule has 2 saturated carbocycles. The largest absolute Gasteiger partial charge is 0.384 e. The molecule has 110 valence electrons. The van der Waals surface area contributed by atoms with Crippen LogP contribution in [0.2, 0.25) is 5.02 Å². The number of aliphatic hydroxyl groups is 1. The van der Waals surface area contributed by atoms with E-state index < -0.39 is 0 Å². The van der Waals surface area contributed by atoms with Gasteiger partial charge in [-0.15, -0.1) is 0 Å². The number of nitrogens with one attached hydrogen (secondary N) is 1. The van der Waals surface area contributed by atoms with Gasteiger partial charge in [0.15, 0.2) is 0 Å². The van der Waals surface area contributed by atoms with Gasteiger partial charge in [-0.05, 0) is 42.9 Å². The molecule has 0 aliphatic heterocycles. The Kier molecular flexibility index (Phi) is 4.19. The molecule has 1 aromatic rings. The van der Waals surface area contributed by atoms with Gasteiger partial charge in [-0.3, -0.25) is 4.79 Å². The van der Waals surface area contributed by atoms with Crippen molar-refractivity contribution < 1.29 is 9.90 Å². The lowest BCUT2D eigenvalue weighted by Gasteiger charge is -2.08. The molecule has 1 aromatic carbocycles. The molecule has 2 atom stereocenters. The molecule has 2 fully saturated rings. The van der Waals surface area contributed by atoms with Gasteiger partial charge in [0.2, 0.25) is 5.91 Å². The van der Waals surface area contributed by atoms with E-state index in [1.165, 1.54) is 25.7 Å². The quantitative estimate of drug-likeness (QED) is 0.825. The first-order chi connectivity index (χ1) is 10.2. The monoisotopic (exact) mass is 303 g/mol. The zero-order valence-electron chi connectivity index (χ0n) is 11.7. The summed E-state index contributed by atoms with van der Waals surface area (Å²) in [7, 11) is 0. The Hall–Kier alpha value is -1.50. The lowest BCUT2D eigenvalue weighted by Crippen LogP contribution is -2.16. The molecule has 2 aliphatic carbocycles. The van der Waals surface area contributed by atoms with Crippen LogP contribution >= 0.6 is 11.6 Å². The summed E-state index contributed by atoms with van der Waals surface area (Å²) >= 11 is 5.96. The third kappa shape index (κ3) is 3.07. The summed E-state index contributed by atoms with van der Waals surface area (Å²) < 4.78 is 0. The Labute approximate surface area is 129 Å². The fourth-order valence-electron chi connectivity index (χ4n) is 3.46. The van der Waals surface area contributed by atoms with Crippen LogP contribution in [-0.4, -0.2) is 17.6 Å². The smallest absolute Gasteiger partial charge is 0.228 e. The molecule has 3 rings (SSSR count). The number of amides is 1. The summed E-state index contributed by atoms with van der Waals surface area (Å²) in [4.78, 5) is 12.4. The van der Waals surface area contributed by atoms with Crippen molar-refractivity contribution in [1.82, 2.24) is 0 Å². The van der Waals surface area contributed by atoms with E-state index in [1.807, 2.05) is 0 Å². The first kappa shape index (κ1) is 14.4. The van der Waals surface area contributed by atoms with Crippen molar-refractivity contribution in [2.45, 2.75) is 25.7 Å². The summed E-state index contributed by atoms with van der Waals surface area (Å²) in [5.41, 5.74) is 1.32. The molecule has 0 aromatic heterocycles. The van der Waals surface area contributed by atoms with Gasteiger partial charge in [0.1, 0.15) is 6.61 Å². The van der Waals surface area contributed by atoms with Crippen molar-refractivity contribution >= 4 is 23.2 Å². The van der Waals surface area contributed by atoms with Crippen molar-refractivity contribution in [2.75, 3.05) is 11.9 Å². The van der Waals surface area contributed by atoms with Gasteiger partial charge in [-0.1, -0.05) is 36.3 Å². The molecule has 0 bridgehead atoms. The van der Waals surface area contributed by atoms with E-state index in [1.54, 1.807) is 18.2 Å². The van der Waals surface area contributed by atoms with Crippen LogP contribution in [0.3, 0.4) is 0 Å². The van der Waals surface area contributed by atoms with Gasteiger partial charge >= 0.3 is 0 Å². The van der Waals surface area contributed by atoms with Gasteiger partial charge in [0, 0.05) is 16.5 Å². The number of hydrogen-bond donors (Lipinski definition) is 2. The summed E-state index contributed by atoms with van der Waals surface area (Å²) in [6, 6.07) is 5.22. The minimum Gasteiger partial charge on any atom is -0.384 e. The van der Waals surface area contributed by atoms with Crippen molar-refractivity contribution in [3.63, 3.8) is 0 Å². The number of rotatable bonds is 2. The molecule has 2 N–H and O–H groups in total. The highest BCUT2D eigenvalue weighted by atomic mass is 35.5. The van der Waals surface area contributed by atoms with Crippen LogP contribution in [0.25, 0.3) is 0 Å². The number of fused-ring (bicyclic) bond motifs is 1. The Morgan fingerprint density at radius 2 is 2.05 bits per heavy atom. The van der Waals surface area contributed by atoms with E-state index in [2.05, 4.69) is 17.2 Å². The van der Waals surface area contributed by atoms with Gasteiger partial charge in [0.05, 0.1) is 5.69 Å². The molecule has 0 heterocycles. The van der Waals surface area contributed by atoms with Crippen LogP contribution in [-0.2, 0) is 4.79 Å². The minimum atomic E-state index is -0.216. The molecule has 4 heteroatoms. The van der Waals surface area contributed by atoms with Crippen LogP contribution in [0.1, 0.15) is 31.2 Å². The number of anilines is 1. The molecule has 3 nitrogen and oxygen atoms in total. The molecular weight excluding hydrogens is 286 g/mol. The van der Waals surface area contributed by atoms with Crippen molar-refractivity contribution in [3.05, 3.63) is 28.8 Å². The lowest BCUT2D eigenvalue weighted by molar-refractivity contribution is -0.117. The average Bonchev–Trinajstić information content (AvgIpc) is 3.22. The normalized spacial score (nSPS) is 26.3. The summed E-state index contributed by atoms with van der Waals surface area (Å²) in [5, 5.41) is 12.4. The topological polar surface area (TPSA) is 49.3 Å². The van der Waals surface area contributed by atoms with Crippen molar-refractivity contribution in [1.29, 1.82) is 0 Å². The van der Waals surface area contributed by atoms with Crippen LogP contribution < -0.4 is 5.32 Å². The Balaban J connectivity index is 1.74. The fraction of sp³-hybridized carbons (Fsp3) is 0.471. The zero-order chi connectivity index (χ0) is 14.8. The predicted molar refractivity (Wildman–Crippen MR) is 83.0 cm³/mol. The minimum absolute atomic E-state index is 0.0984.